The van der Waals surface area contributed by atoms with Gasteiger partial charge in [0, 0.05) is 17.1 Å². The molecule has 2 N–H and O–H groups in total. The maximum atomic E-state index is 12.7. The first-order valence-corrected chi connectivity index (χ1v) is 4.31. The maximum absolute atomic E-state index is 12.7. The molecule has 0 heterocycles. The lowest BCUT2D eigenvalue weighted by Crippen LogP contribution is -1.95. The Labute approximate surface area is 79.5 Å². The molecule has 0 bridgehead atoms. The van der Waals surface area contributed by atoms with E-state index in [2.05, 4.69) is 0 Å². The Morgan fingerprint density at radius 3 is 2.62 bits per heavy atom. The van der Waals surface area contributed by atoms with E-state index in [-0.39, 0.29) is 6.42 Å². The summed E-state index contributed by atoms with van der Waals surface area (Å²) in [4.78, 5) is 0. The van der Waals surface area contributed by atoms with E-state index in [0.717, 1.165) is 0 Å². The average Bonchev–Trinajstić information content (AvgIpc) is 2.65. The highest BCUT2D eigenvalue weighted by Crippen LogP contribution is 2.57. The van der Waals surface area contributed by atoms with Crippen LogP contribution >= 0.6 is 11.6 Å². The molecule has 1 aromatic carbocycles. The highest BCUT2D eigenvalue weighted by molar-refractivity contribution is 6.31. The summed E-state index contributed by atoms with van der Waals surface area (Å²) in [7, 11) is 0. The first kappa shape index (κ1) is 8.75. The fourth-order valence-corrected chi connectivity index (χ4v) is 1.63. The van der Waals surface area contributed by atoms with Gasteiger partial charge in [-0.1, -0.05) is 11.6 Å². The lowest BCUT2D eigenvalue weighted by molar-refractivity contribution is 0.112. The minimum atomic E-state index is -2.59. The third kappa shape index (κ3) is 1.48. The minimum absolute atomic E-state index is 0.115. The normalized spacial score (nSPS) is 24.4. The summed E-state index contributed by atoms with van der Waals surface area (Å²) < 4.78 is 25.4. The molecule has 1 aromatic rings. The van der Waals surface area contributed by atoms with Crippen LogP contribution in [0.25, 0.3) is 0 Å². The summed E-state index contributed by atoms with van der Waals surface area (Å²) in [6.45, 7) is 0. The molecule has 1 unspecified atom stereocenters. The predicted molar refractivity (Wildman–Crippen MR) is 48.2 cm³/mol. The molecule has 0 amide bonds. The molecule has 1 saturated carbocycles. The topological polar surface area (TPSA) is 26.0 Å². The number of benzene rings is 1. The average molecular weight is 204 g/mol. The van der Waals surface area contributed by atoms with Gasteiger partial charge in [0.05, 0.1) is 5.92 Å². The molecule has 1 aliphatic rings. The number of nitrogen functional groups attached to an aromatic ring is 1. The van der Waals surface area contributed by atoms with Crippen LogP contribution in [0.2, 0.25) is 5.02 Å². The zero-order valence-corrected chi connectivity index (χ0v) is 7.48. The van der Waals surface area contributed by atoms with Crippen molar-refractivity contribution in [1.82, 2.24) is 0 Å². The number of hydrogen-bond donors (Lipinski definition) is 1. The van der Waals surface area contributed by atoms with Crippen LogP contribution in [0.3, 0.4) is 0 Å². The molecule has 0 radical (unpaired) electrons. The quantitative estimate of drug-likeness (QED) is 0.698. The molecule has 1 aliphatic carbocycles. The lowest BCUT2D eigenvalue weighted by Gasteiger charge is -2.03. The highest BCUT2D eigenvalue weighted by Gasteiger charge is 2.58. The van der Waals surface area contributed by atoms with E-state index in [9.17, 15) is 8.78 Å². The lowest BCUT2D eigenvalue weighted by atomic mass is 10.1. The molecule has 1 nitrogen and oxygen atoms in total. The molecule has 4 heteroatoms. The fraction of sp³-hybridized carbons (Fsp3) is 0.333. The van der Waals surface area contributed by atoms with Gasteiger partial charge in [-0.2, -0.15) is 0 Å². The zero-order valence-electron chi connectivity index (χ0n) is 6.73. The van der Waals surface area contributed by atoms with E-state index >= 15 is 0 Å². The van der Waals surface area contributed by atoms with E-state index in [0.29, 0.717) is 16.3 Å². The molecular formula is C9H8ClF2N. The van der Waals surface area contributed by atoms with Gasteiger partial charge in [0.25, 0.3) is 5.92 Å². The second kappa shape index (κ2) is 2.58. The summed E-state index contributed by atoms with van der Waals surface area (Å²) in [5.41, 5.74) is 6.42. The summed E-state index contributed by atoms with van der Waals surface area (Å²) in [6.07, 6.45) is -0.115. The second-order valence-electron chi connectivity index (χ2n) is 3.30. The Bertz CT molecular complexity index is 351. The van der Waals surface area contributed by atoms with E-state index in [1.165, 1.54) is 6.07 Å². The maximum Gasteiger partial charge on any atom is 0.255 e. The van der Waals surface area contributed by atoms with Gasteiger partial charge in [-0.25, -0.2) is 8.78 Å². The van der Waals surface area contributed by atoms with Crippen molar-refractivity contribution in [3.8, 4) is 0 Å². The minimum Gasteiger partial charge on any atom is -0.399 e. The Balaban J connectivity index is 2.36. The third-order valence-corrected chi connectivity index (χ3v) is 2.57. The van der Waals surface area contributed by atoms with E-state index < -0.39 is 11.8 Å². The molecule has 0 aromatic heterocycles. The van der Waals surface area contributed by atoms with Crippen LogP contribution < -0.4 is 5.73 Å². The van der Waals surface area contributed by atoms with Crippen molar-refractivity contribution >= 4 is 17.3 Å². The summed E-state index contributed by atoms with van der Waals surface area (Å²) in [6, 6.07) is 4.68. The number of hydrogen-bond acceptors (Lipinski definition) is 1. The number of nitrogens with two attached hydrogens (primary N) is 1. The van der Waals surface area contributed by atoms with Gasteiger partial charge in [0.2, 0.25) is 0 Å². The van der Waals surface area contributed by atoms with Crippen molar-refractivity contribution in [1.29, 1.82) is 0 Å². The van der Waals surface area contributed by atoms with Gasteiger partial charge < -0.3 is 5.73 Å². The third-order valence-electron chi connectivity index (χ3n) is 2.22. The van der Waals surface area contributed by atoms with Gasteiger partial charge in [-0.05, 0) is 23.8 Å². The molecule has 1 atom stereocenters. The van der Waals surface area contributed by atoms with Gasteiger partial charge >= 0.3 is 0 Å². The van der Waals surface area contributed by atoms with Crippen LogP contribution in [0.4, 0.5) is 14.5 Å². The molecule has 70 valence electrons. The van der Waals surface area contributed by atoms with Crippen molar-refractivity contribution in [3.63, 3.8) is 0 Å². The number of rotatable bonds is 1. The summed E-state index contributed by atoms with van der Waals surface area (Å²) in [5, 5.41) is 0.372. The second-order valence-corrected chi connectivity index (χ2v) is 3.71. The number of anilines is 1. The van der Waals surface area contributed by atoms with Crippen molar-refractivity contribution in [2.24, 2.45) is 0 Å². The fourth-order valence-electron chi connectivity index (χ4n) is 1.38. The van der Waals surface area contributed by atoms with Gasteiger partial charge in [0.1, 0.15) is 0 Å². The highest BCUT2D eigenvalue weighted by atomic mass is 35.5. The Morgan fingerprint density at radius 1 is 1.46 bits per heavy atom. The van der Waals surface area contributed by atoms with Crippen molar-refractivity contribution in [2.45, 2.75) is 18.3 Å². The molecule has 1 fully saturated rings. The first-order valence-electron chi connectivity index (χ1n) is 3.93. The molecule has 13 heavy (non-hydrogen) atoms. The molecule has 0 spiro atoms. The van der Waals surface area contributed by atoms with Crippen LogP contribution in [0.15, 0.2) is 18.2 Å². The predicted octanol–water partition coefficient (Wildman–Crippen LogP) is 3.04. The smallest absolute Gasteiger partial charge is 0.255 e. The summed E-state index contributed by atoms with van der Waals surface area (Å²) >= 11 is 5.77. The number of halogens is 3. The van der Waals surface area contributed by atoms with Crippen LogP contribution in [-0.4, -0.2) is 5.92 Å². The van der Waals surface area contributed by atoms with Crippen molar-refractivity contribution in [2.75, 3.05) is 5.73 Å². The summed E-state index contributed by atoms with van der Waals surface area (Å²) in [5.74, 6) is -3.32. The van der Waals surface area contributed by atoms with Gasteiger partial charge in [-0.3, -0.25) is 0 Å². The first-order chi connectivity index (χ1) is 6.00. The van der Waals surface area contributed by atoms with Gasteiger partial charge in [-0.15, -0.1) is 0 Å². The van der Waals surface area contributed by atoms with Crippen LogP contribution in [0.5, 0.6) is 0 Å². The Morgan fingerprint density at radius 2 is 2.08 bits per heavy atom. The molecular weight excluding hydrogens is 196 g/mol. The largest absolute Gasteiger partial charge is 0.399 e. The SMILES string of the molecule is Nc1ccc(Cl)c(C2CC2(F)F)c1. The van der Waals surface area contributed by atoms with Crippen molar-refractivity contribution < 1.29 is 8.78 Å². The van der Waals surface area contributed by atoms with E-state index in [4.69, 9.17) is 17.3 Å². The van der Waals surface area contributed by atoms with Crippen LogP contribution in [0, 0.1) is 0 Å². The standard InChI is InChI=1S/C9H8ClF2N/c10-8-2-1-5(13)3-6(8)7-4-9(7,11)12/h1-3,7H,4,13H2. The molecule has 0 aliphatic heterocycles. The van der Waals surface area contributed by atoms with Crippen LogP contribution in [0.1, 0.15) is 17.9 Å². The van der Waals surface area contributed by atoms with E-state index in [1.807, 2.05) is 0 Å². The monoisotopic (exact) mass is 203 g/mol. The van der Waals surface area contributed by atoms with E-state index in [1.54, 1.807) is 12.1 Å². The molecule has 0 saturated heterocycles. The van der Waals surface area contributed by atoms with Crippen molar-refractivity contribution in [3.05, 3.63) is 28.8 Å². The Kier molecular flexibility index (Phi) is 1.74. The van der Waals surface area contributed by atoms with Crippen LogP contribution in [-0.2, 0) is 0 Å². The number of alkyl halides is 2. The molecule has 2 rings (SSSR count). The Hall–Kier alpha value is -0.830. The zero-order chi connectivity index (χ0) is 9.64. The van der Waals surface area contributed by atoms with Gasteiger partial charge in [0.15, 0.2) is 0 Å².